The van der Waals surface area contributed by atoms with Gasteiger partial charge in [-0.3, -0.25) is 0 Å². The van der Waals surface area contributed by atoms with Crippen molar-refractivity contribution in [1.82, 2.24) is 4.31 Å². The van der Waals surface area contributed by atoms with Crippen molar-refractivity contribution in [1.29, 1.82) is 5.26 Å². The Labute approximate surface area is 115 Å². The largest absolute Gasteiger partial charge is 0.234 e. The fraction of sp³-hybridized carbons (Fsp3) is 0.500. The highest BCUT2D eigenvalue weighted by molar-refractivity contribution is 7.89. The van der Waals surface area contributed by atoms with Crippen LogP contribution in [0.1, 0.15) is 37.5 Å². The average molecular weight is 280 g/mol. The molecule has 0 aliphatic rings. The lowest BCUT2D eigenvalue weighted by atomic mass is 10.2. The Bertz CT molecular complexity index is 514. The molecule has 4 nitrogen and oxygen atoms in total. The van der Waals surface area contributed by atoms with E-state index in [4.69, 9.17) is 0 Å². The van der Waals surface area contributed by atoms with E-state index in [1.165, 1.54) is 4.31 Å². The van der Waals surface area contributed by atoms with Crippen molar-refractivity contribution in [3.05, 3.63) is 35.9 Å². The molecule has 0 radical (unpaired) electrons. The second kappa shape index (κ2) is 7.27. The van der Waals surface area contributed by atoms with Gasteiger partial charge < -0.3 is 0 Å². The van der Waals surface area contributed by atoms with Gasteiger partial charge in [0.25, 0.3) is 0 Å². The highest BCUT2D eigenvalue weighted by atomic mass is 32.2. The van der Waals surface area contributed by atoms with E-state index in [1.807, 2.05) is 19.9 Å². The third kappa shape index (κ3) is 3.79. The third-order valence-electron chi connectivity index (χ3n) is 2.82. The summed E-state index contributed by atoms with van der Waals surface area (Å²) in [6.45, 7) is 4.78. The number of rotatable bonds is 7. The quantitative estimate of drug-likeness (QED) is 0.771. The number of nitriles is 1. The Morgan fingerprint density at radius 3 is 2.11 bits per heavy atom. The summed E-state index contributed by atoms with van der Waals surface area (Å²) in [5.41, 5.74) is 0.530. The molecule has 1 unspecified atom stereocenters. The molecule has 0 fully saturated rings. The molecule has 0 saturated carbocycles. The van der Waals surface area contributed by atoms with Crippen molar-refractivity contribution in [2.75, 3.05) is 13.1 Å². The third-order valence-corrected chi connectivity index (χ3v) is 4.88. The van der Waals surface area contributed by atoms with Gasteiger partial charge in [0, 0.05) is 13.1 Å². The van der Waals surface area contributed by atoms with Crippen molar-refractivity contribution in [3.63, 3.8) is 0 Å². The van der Waals surface area contributed by atoms with Crippen molar-refractivity contribution >= 4 is 10.0 Å². The van der Waals surface area contributed by atoms with Crippen molar-refractivity contribution in [2.24, 2.45) is 0 Å². The maximum Gasteiger partial charge on any atom is 0.234 e. The molecular weight excluding hydrogens is 260 g/mol. The molecule has 0 aliphatic heterocycles. The van der Waals surface area contributed by atoms with Crippen molar-refractivity contribution in [3.8, 4) is 6.07 Å². The molecule has 104 valence electrons. The minimum atomic E-state index is -3.62. The lowest BCUT2D eigenvalue weighted by Gasteiger charge is -2.23. The second-order valence-electron chi connectivity index (χ2n) is 4.36. The van der Waals surface area contributed by atoms with E-state index in [0.29, 0.717) is 18.7 Å². The number of benzene rings is 1. The molecule has 1 aromatic carbocycles. The topological polar surface area (TPSA) is 61.2 Å². The van der Waals surface area contributed by atoms with Gasteiger partial charge in [0.2, 0.25) is 10.0 Å². The molecule has 19 heavy (non-hydrogen) atoms. The molecule has 0 aliphatic carbocycles. The predicted molar refractivity (Wildman–Crippen MR) is 75.9 cm³/mol. The Morgan fingerprint density at radius 2 is 1.68 bits per heavy atom. The zero-order chi connectivity index (χ0) is 14.3. The van der Waals surface area contributed by atoms with Gasteiger partial charge in [-0.05, 0) is 18.4 Å². The molecule has 0 amide bonds. The summed E-state index contributed by atoms with van der Waals surface area (Å²) in [6, 6.07) is 10.6. The van der Waals surface area contributed by atoms with Crippen LogP contribution in [0.2, 0.25) is 0 Å². The number of hydrogen-bond donors (Lipinski definition) is 0. The van der Waals surface area contributed by atoms with Gasteiger partial charge >= 0.3 is 0 Å². The first-order valence-electron chi connectivity index (χ1n) is 6.51. The molecule has 0 heterocycles. The second-order valence-corrected chi connectivity index (χ2v) is 6.38. The Hall–Kier alpha value is -1.38. The van der Waals surface area contributed by atoms with Crippen LogP contribution in [0.15, 0.2) is 30.3 Å². The van der Waals surface area contributed by atoms with Crippen LogP contribution in [-0.4, -0.2) is 25.8 Å². The number of sulfonamides is 1. The van der Waals surface area contributed by atoms with Crippen LogP contribution < -0.4 is 0 Å². The zero-order valence-corrected chi connectivity index (χ0v) is 12.2. The predicted octanol–water partition coefficient (Wildman–Crippen LogP) is 2.70. The first-order valence-corrected chi connectivity index (χ1v) is 8.01. The van der Waals surface area contributed by atoms with E-state index in [-0.39, 0.29) is 0 Å². The van der Waals surface area contributed by atoms with Crippen LogP contribution in [0.25, 0.3) is 0 Å². The van der Waals surface area contributed by atoms with Gasteiger partial charge in [-0.2, -0.15) is 5.26 Å². The van der Waals surface area contributed by atoms with Crippen LogP contribution in [0.3, 0.4) is 0 Å². The molecule has 0 bridgehead atoms. The molecule has 5 heteroatoms. The van der Waals surface area contributed by atoms with E-state index in [2.05, 4.69) is 0 Å². The van der Waals surface area contributed by atoms with Crippen LogP contribution in [0.4, 0.5) is 0 Å². The monoisotopic (exact) mass is 280 g/mol. The highest BCUT2D eigenvalue weighted by Gasteiger charge is 2.32. The van der Waals surface area contributed by atoms with Gasteiger partial charge in [0.15, 0.2) is 5.25 Å². The molecule has 0 aromatic heterocycles. The minimum Gasteiger partial charge on any atom is -0.210 e. The lowest BCUT2D eigenvalue weighted by Crippen LogP contribution is -2.35. The molecular formula is C14H20N2O2S. The fourth-order valence-corrected chi connectivity index (χ4v) is 3.76. The first-order chi connectivity index (χ1) is 9.07. The first kappa shape index (κ1) is 15.7. The van der Waals surface area contributed by atoms with Crippen molar-refractivity contribution < 1.29 is 8.42 Å². The molecule has 1 rings (SSSR count). The minimum absolute atomic E-state index is 0.460. The summed E-state index contributed by atoms with van der Waals surface area (Å²) < 4.78 is 26.5. The Balaban J connectivity index is 3.11. The van der Waals surface area contributed by atoms with Gasteiger partial charge in [0.1, 0.15) is 0 Å². The van der Waals surface area contributed by atoms with E-state index in [9.17, 15) is 13.7 Å². The van der Waals surface area contributed by atoms with Crippen LogP contribution >= 0.6 is 0 Å². The summed E-state index contributed by atoms with van der Waals surface area (Å²) >= 11 is 0. The van der Waals surface area contributed by atoms with Gasteiger partial charge in [-0.25, -0.2) is 12.7 Å². The number of hydrogen-bond acceptors (Lipinski definition) is 3. The number of nitrogens with zero attached hydrogens (tertiary/aromatic N) is 2. The van der Waals surface area contributed by atoms with Gasteiger partial charge in [-0.15, -0.1) is 0 Å². The highest BCUT2D eigenvalue weighted by Crippen LogP contribution is 2.25. The normalized spacial score (nSPS) is 13.2. The molecule has 1 aromatic rings. The molecule has 0 saturated heterocycles. The van der Waals surface area contributed by atoms with Gasteiger partial charge in [0.05, 0.1) is 6.07 Å². The maximum atomic E-state index is 12.5. The molecule has 0 spiro atoms. The summed E-state index contributed by atoms with van der Waals surface area (Å²) in [6.07, 6.45) is 1.48. The summed E-state index contributed by atoms with van der Waals surface area (Å²) in [4.78, 5) is 0. The summed E-state index contributed by atoms with van der Waals surface area (Å²) in [5, 5.41) is 8.13. The van der Waals surface area contributed by atoms with Crippen LogP contribution in [0.5, 0.6) is 0 Å². The van der Waals surface area contributed by atoms with E-state index >= 15 is 0 Å². The van der Waals surface area contributed by atoms with E-state index in [0.717, 1.165) is 12.8 Å². The smallest absolute Gasteiger partial charge is 0.210 e. The maximum absolute atomic E-state index is 12.5. The zero-order valence-electron chi connectivity index (χ0n) is 11.4. The lowest BCUT2D eigenvalue weighted by molar-refractivity contribution is 0.407. The summed E-state index contributed by atoms with van der Waals surface area (Å²) in [5.74, 6) is 0. The Kier molecular flexibility index (Phi) is 6.00. The molecule has 0 N–H and O–H groups in total. The fourth-order valence-electron chi connectivity index (χ4n) is 1.96. The van der Waals surface area contributed by atoms with E-state index in [1.54, 1.807) is 30.3 Å². The standard InChI is InChI=1S/C14H20N2O2S/c1-3-10-16(11-4-2)19(17,18)14(12-15)13-8-6-5-7-9-13/h5-9,14H,3-4,10-11H2,1-2H3. The SMILES string of the molecule is CCCN(CCC)S(=O)(=O)C(C#N)c1ccccc1. The van der Waals surface area contributed by atoms with Gasteiger partial charge in [-0.1, -0.05) is 44.2 Å². The van der Waals surface area contributed by atoms with E-state index < -0.39 is 15.3 Å². The van der Waals surface area contributed by atoms with Crippen LogP contribution in [-0.2, 0) is 10.0 Å². The average Bonchev–Trinajstić information content (AvgIpc) is 2.40. The Morgan fingerprint density at radius 1 is 1.16 bits per heavy atom. The van der Waals surface area contributed by atoms with Crippen molar-refractivity contribution in [2.45, 2.75) is 31.9 Å². The molecule has 1 atom stereocenters. The van der Waals surface area contributed by atoms with Crippen LogP contribution in [0, 0.1) is 11.3 Å². The summed E-state index contributed by atoms with van der Waals surface area (Å²) in [7, 11) is -3.62.